The molecule has 1 amide bonds. The van der Waals surface area contributed by atoms with Crippen LogP contribution in [0.3, 0.4) is 0 Å². The molecule has 0 aliphatic carbocycles. The number of hydrogen-bond donors (Lipinski definition) is 2. The van der Waals surface area contributed by atoms with Crippen molar-refractivity contribution in [1.82, 2.24) is 15.5 Å². The van der Waals surface area contributed by atoms with E-state index in [1.165, 1.54) is 11.1 Å². The minimum atomic E-state index is 0. The van der Waals surface area contributed by atoms with Crippen molar-refractivity contribution in [2.24, 2.45) is 10.9 Å². The van der Waals surface area contributed by atoms with Gasteiger partial charge in [0.2, 0.25) is 5.91 Å². The van der Waals surface area contributed by atoms with Crippen molar-refractivity contribution >= 4 is 35.8 Å². The smallest absolute Gasteiger partial charge is 0.222 e. The summed E-state index contributed by atoms with van der Waals surface area (Å²) in [5.74, 6) is 1.69. The monoisotopic (exact) mass is 544 g/mol. The SMILES string of the molecule is CN=C(NCCCOCC1CCOCC1)NCc1ccccc1CN1CCCC1=O.I. The van der Waals surface area contributed by atoms with Gasteiger partial charge in [0.1, 0.15) is 0 Å². The fourth-order valence-corrected chi connectivity index (χ4v) is 3.90. The number of ether oxygens (including phenoxy) is 2. The summed E-state index contributed by atoms with van der Waals surface area (Å²) in [7, 11) is 1.78. The lowest BCUT2D eigenvalue weighted by Crippen LogP contribution is -2.38. The summed E-state index contributed by atoms with van der Waals surface area (Å²) in [6, 6.07) is 8.29. The lowest BCUT2D eigenvalue weighted by Gasteiger charge is -2.21. The van der Waals surface area contributed by atoms with E-state index in [9.17, 15) is 4.79 Å². The minimum absolute atomic E-state index is 0. The summed E-state index contributed by atoms with van der Waals surface area (Å²) in [4.78, 5) is 18.2. The first kappa shape index (κ1) is 25.9. The number of aliphatic imine (C=N–C) groups is 1. The maximum absolute atomic E-state index is 12.0. The number of carbonyl (C=O) groups excluding carboxylic acids is 1. The number of nitrogens with one attached hydrogen (secondary N) is 2. The molecule has 0 saturated carbocycles. The zero-order valence-corrected chi connectivity index (χ0v) is 20.9. The number of nitrogens with zero attached hydrogens (tertiary/aromatic N) is 2. The average molecular weight is 544 g/mol. The van der Waals surface area contributed by atoms with Gasteiger partial charge in [-0.05, 0) is 42.7 Å². The van der Waals surface area contributed by atoms with Crippen LogP contribution in [0.5, 0.6) is 0 Å². The van der Waals surface area contributed by atoms with Gasteiger partial charge in [-0.3, -0.25) is 9.79 Å². The van der Waals surface area contributed by atoms with E-state index in [1.807, 2.05) is 17.0 Å². The Bertz CT molecular complexity index is 695. The topological polar surface area (TPSA) is 75.2 Å². The van der Waals surface area contributed by atoms with Gasteiger partial charge in [0.05, 0.1) is 0 Å². The van der Waals surface area contributed by atoms with Gasteiger partial charge in [0.25, 0.3) is 0 Å². The van der Waals surface area contributed by atoms with Crippen molar-refractivity contribution in [3.8, 4) is 0 Å². The molecule has 0 spiro atoms. The number of carbonyl (C=O) groups is 1. The van der Waals surface area contributed by atoms with Crippen molar-refractivity contribution in [2.45, 2.75) is 45.2 Å². The Morgan fingerprint density at radius 1 is 1.23 bits per heavy atom. The molecule has 0 atom stereocenters. The summed E-state index contributed by atoms with van der Waals surface area (Å²) in [6.45, 7) is 6.38. The zero-order valence-electron chi connectivity index (χ0n) is 18.6. The Hall–Kier alpha value is -1.39. The van der Waals surface area contributed by atoms with Crippen LogP contribution in [0.15, 0.2) is 29.3 Å². The Labute approximate surface area is 203 Å². The van der Waals surface area contributed by atoms with Gasteiger partial charge in [0, 0.05) is 66.1 Å². The number of hydrogen-bond acceptors (Lipinski definition) is 4. The molecule has 2 aliphatic rings. The van der Waals surface area contributed by atoms with E-state index in [0.29, 0.717) is 25.4 Å². The highest BCUT2D eigenvalue weighted by atomic mass is 127. The van der Waals surface area contributed by atoms with Gasteiger partial charge in [-0.2, -0.15) is 0 Å². The number of amides is 1. The number of rotatable bonds is 10. The molecule has 2 heterocycles. The second kappa shape index (κ2) is 14.6. The van der Waals surface area contributed by atoms with Crippen LogP contribution < -0.4 is 10.6 Å². The first-order valence-electron chi connectivity index (χ1n) is 11.2. The molecule has 7 nitrogen and oxygen atoms in total. The summed E-state index contributed by atoms with van der Waals surface area (Å²) < 4.78 is 11.2. The van der Waals surface area contributed by atoms with Crippen LogP contribution in [0.2, 0.25) is 0 Å². The van der Waals surface area contributed by atoms with Crippen LogP contribution >= 0.6 is 24.0 Å². The highest BCUT2D eigenvalue weighted by Gasteiger charge is 2.20. The molecule has 0 aromatic heterocycles. The molecule has 2 fully saturated rings. The standard InChI is InChI=1S/C23H36N4O3.HI/c1-24-23(25-11-5-13-30-18-19-9-14-29-15-10-19)26-16-20-6-2-3-7-21(20)17-27-12-4-8-22(27)28;/h2-3,6-7,19H,4-5,8-18H2,1H3,(H2,24,25,26);1H. The van der Waals surface area contributed by atoms with Crippen molar-refractivity contribution in [2.75, 3.05) is 46.6 Å². The maximum atomic E-state index is 12.0. The highest BCUT2D eigenvalue weighted by Crippen LogP contribution is 2.17. The van der Waals surface area contributed by atoms with E-state index in [2.05, 4.69) is 27.8 Å². The summed E-state index contributed by atoms with van der Waals surface area (Å²) in [5, 5.41) is 6.74. The summed E-state index contributed by atoms with van der Waals surface area (Å²) >= 11 is 0. The maximum Gasteiger partial charge on any atom is 0.222 e. The lowest BCUT2D eigenvalue weighted by molar-refractivity contribution is -0.128. The summed E-state index contributed by atoms with van der Waals surface area (Å²) in [6.07, 6.45) is 4.81. The van der Waals surface area contributed by atoms with Gasteiger partial charge >= 0.3 is 0 Å². The van der Waals surface area contributed by atoms with Crippen LogP contribution in [0, 0.1) is 5.92 Å². The molecule has 2 N–H and O–H groups in total. The number of halogens is 1. The number of benzene rings is 1. The molecule has 3 rings (SSSR count). The Morgan fingerprint density at radius 3 is 2.71 bits per heavy atom. The fraction of sp³-hybridized carbons (Fsp3) is 0.652. The van der Waals surface area contributed by atoms with Crippen molar-refractivity contribution in [3.05, 3.63) is 35.4 Å². The van der Waals surface area contributed by atoms with E-state index < -0.39 is 0 Å². The molecule has 1 aromatic rings. The molecule has 2 aliphatic heterocycles. The number of likely N-dealkylation sites (tertiary alicyclic amines) is 1. The molecule has 174 valence electrons. The first-order valence-corrected chi connectivity index (χ1v) is 11.2. The Balaban J connectivity index is 0.00000341. The molecule has 8 heteroatoms. The van der Waals surface area contributed by atoms with Gasteiger partial charge in [0.15, 0.2) is 5.96 Å². The van der Waals surface area contributed by atoms with E-state index in [-0.39, 0.29) is 29.9 Å². The second-order valence-corrected chi connectivity index (χ2v) is 8.02. The van der Waals surface area contributed by atoms with Gasteiger partial charge in [-0.1, -0.05) is 24.3 Å². The number of guanidine groups is 1. The fourth-order valence-electron chi connectivity index (χ4n) is 3.90. The van der Waals surface area contributed by atoms with Crippen LogP contribution in [0.25, 0.3) is 0 Å². The molecular formula is C23H37IN4O3. The lowest BCUT2D eigenvalue weighted by atomic mass is 10.0. The van der Waals surface area contributed by atoms with Crippen LogP contribution in [-0.4, -0.2) is 63.3 Å². The van der Waals surface area contributed by atoms with Crippen molar-refractivity contribution in [3.63, 3.8) is 0 Å². The van der Waals surface area contributed by atoms with E-state index in [1.54, 1.807) is 7.05 Å². The van der Waals surface area contributed by atoms with Crippen LogP contribution in [0.4, 0.5) is 0 Å². The Kier molecular flexibility index (Phi) is 12.2. The normalized spacial score (nSPS) is 17.5. The third kappa shape index (κ3) is 8.94. The van der Waals surface area contributed by atoms with E-state index >= 15 is 0 Å². The van der Waals surface area contributed by atoms with Crippen LogP contribution in [-0.2, 0) is 27.4 Å². The van der Waals surface area contributed by atoms with E-state index in [0.717, 1.165) is 71.2 Å². The predicted molar refractivity (Wildman–Crippen MR) is 134 cm³/mol. The molecule has 2 saturated heterocycles. The van der Waals surface area contributed by atoms with E-state index in [4.69, 9.17) is 9.47 Å². The second-order valence-electron chi connectivity index (χ2n) is 8.02. The molecule has 0 unspecified atom stereocenters. The predicted octanol–water partition coefficient (Wildman–Crippen LogP) is 2.93. The average Bonchev–Trinajstić information content (AvgIpc) is 3.18. The quantitative estimate of drug-likeness (QED) is 0.205. The zero-order chi connectivity index (χ0) is 21.0. The molecular weight excluding hydrogens is 507 g/mol. The van der Waals surface area contributed by atoms with Gasteiger partial charge in [-0.25, -0.2) is 0 Å². The molecule has 0 radical (unpaired) electrons. The summed E-state index contributed by atoms with van der Waals surface area (Å²) in [5.41, 5.74) is 2.39. The van der Waals surface area contributed by atoms with Gasteiger partial charge < -0.3 is 25.0 Å². The van der Waals surface area contributed by atoms with Crippen molar-refractivity contribution in [1.29, 1.82) is 0 Å². The Morgan fingerprint density at radius 2 is 2.00 bits per heavy atom. The first-order chi connectivity index (χ1) is 14.8. The minimum Gasteiger partial charge on any atom is -0.381 e. The highest BCUT2D eigenvalue weighted by molar-refractivity contribution is 14.0. The molecule has 1 aromatic carbocycles. The van der Waals surface area contributed by atoms with Gasteiger partial charge in [-0.15, -0.1) is 24.0 Å². The molecule has 0 bridgehead atoms. The largest absolute Gasteiger partial charge is 0.381 e. The molecule has 31 heavy (non-hydrogen) atoms. The third-order valence-electron chi connectivity index (χ3n) is 5.77. The third-order valence-corrected chi connectivity index (χ3v) is 5.77. The van der Waals surface area contributed by atoms with Crippen LogP contribution in [0.1, 0.15) is 43.2 Å². The van der Waals surface area contributed by atoms with Crippen molar-refractivity contribution < 1.29 is 14.3 Å².